The summed E-state index contributed by atoms with van der Waals surface area (Å²) in [5.41, 5.74) is 0. The van der Waals surface area contributed by atoms with Crippen LogP contribution in [0.2, 0.25) is 0 Å². The van der Waals surface area contributed by atoms with Gasteiger partial charge in [0.1, 0.15) is 0 Å². The van der Waals surface area contributed by atoms with Crippen molar-refractivity contribution in [2.45, 2.75) is 34.1 Å². The van der Waals surface area contributed by atoms with Crippen molar-refractivity contribution < 1.29 is 9.47 Å². The van der Waals surface area contributed by atoms with Gasteiger partial charge in [-0.3, -0.25) is 4.99 Å². The van der Waals surface area contributed by atoms with E-state index in [0.717, 1.165) is 38.7 Å². The quantitative estimate of drug-likeness (QED) is 0.341. The van der Waals surface area contributed by atoms with Crippen LogP contribution in [0.15, 0.2) is 4.99 Å². The van der Waals surface area contributed by atoms with E-state index in [1.54, 1.807) is 0 Å². The highest BCUT2D eigenvalue weighted by Gasteiger charge is 1.97. The van der Waals surface area contributed by atoms with E-state index in [2.05, 4.69) is 36.4 Å². The van der Waals surface area contributed by atoms with Crippen molar-refractivity contribution in [3.63, 3.8) is 0 Å². The molecule has 2 N–H and O–H groups in total. The molecule has 5 heteroatoms. The Morgan fingerprint density at radius 2 is 1.84 bits per heavy atom. The van der Waals surface area contributed by atoms with Gasteiger partial charge in [0.25, 0.3) is 0 Å². The summed E-state index contributed by atoms with van der Waals surface area (Å²) in [6.45, 7) is 13.7. The lowest BCUT2D eigenvalue weighted by molar-refractivity contribution is 0.128. The molecule has 19 heavy (non-hydrogen) atoms. The molecule has 0 heterocycles. The number of aliphatic imine (C=N–C) groups is 1. The average molecular weight is 273 g/mol. The van der Waals surface area contributed by atoms with E-state index in [4.69, 9.17) is 9.47 Å². The Labute approximate surface area is 118 Å². The lowest BCUT2D eigenvalue weighted by Gasteiger charge is -2.12. The Morgan fingerprint density at radius 3 is 2.47 bits per heavy atom. The zero-order valence-electron chi connectivity index (χ0n) is 13.0. The van der Waals surface area contributed by atoms with Crippen molar-refractivity contribution >= 4 is 5.96 Å². The third kappa shape index (κ3) is 13.4. The Bertz CT molecular complexity index is 221. The SMILES string of the molecule is CCNC(=NCCOCC)NCCOCCC(C)C. The first-order valence-electron chi connectivity index (χ1n) is 7.38. The van der Waals surface area contributed by atoms with Crippen molar-refractivity contribution in [2.24, 2.45) is 10.9 Å². The lowest BCUT2D eigenvalue weighted by atomic mass is 10.1. The van der Waals surface area contributed by atoms with E-state index >= 15 is 0 Å². The van der Waals surface area contributed by atoms with Crippen LogP contribution in [0.1, 0.15) is 34.1 Å². The van der Waals surface area contributed by atoms with Gasteiger partial charge < -0.3 is 20.1 Å². The first-order chi connectivity index (χ1) is 9.20. The maximum Gasteiger partial charge on any atom is 0.191 e. The number of hydrogen-bond acceptors (Lipinski definition) is 3. The van der Waals surface area contributed by atoms with Crippen molar-refractivity contribution in [1.29, 1.82) is 0 Å². The van der Waals surface area contributed by atoms with Crippen LogP contribution in [-0.2, 0) is 9.47 Å². The number of nitrogens with one attached hydrogen (secondary N) is 2. The summed E-state index contributed by atoms with van der Waals surface area (Å²) in [6.07, 6.45) is 1.11. The Hall–Kier alpha value is -0.810. The summed E-state index contributed by atoms with van der Waals surface area (Å²) in [7, 11) is 0. The van der Waals surface area contributed by atoms with Crippen LogP contribution < -0.4 is 10.6 Å². The van der Waals surface area contributed by atoms with Gasteiger partial charge in [0.05, 0.1) is 19.8 Å². The maximum absolute atomic E-state index is 5.55. The van der Waals surface area contributed by atoms with Gasteiger partial charge in [0, 0.05) is 26.3 Å². The van der Waals surface area contributed by atoms with Gasteiger partial charge in [-0.25, -0.2) is 0 Å². The molecule has 0 aliphatic carbocycles. The molecule has 0 fully saturated rings. The summed E-state index contributed by atoms with van der Waals surface area (Å²) >= 11 is 0. The Kier molecular flexibility index (Phi) is 13.0. The van der Waals surface area contributed by atoms with Crippen LogP contribution in [0.25, 0.3) is 0 Å². The maximum atomic E-state index is 5.55. The third-order valence-electron chi connectivity index (χ3n) is 2.43. The molecule has 0 spiro atoms. The smallest absolute Gasteiger partial charge is 0.191 e. The van der Waals surface area contributed by atoms with Gasteiger partial charge in [-0.1, -0.05) is 13.8 Å². The molecule has 0 saturated carbocycles. The van der Waals surface area contributed by atoms with Crippen LogP contribution in [-0.4, -0.2) is 52.0 Å². The fourth-order valence-corrected chi connectivity index (χ4v) is 1.37. The largest absolute Gasteiger partial charge is 0.380 e. The van der Waals surface area contributed by atoms with E-state index in [0.29, 0.717) is 25.7 Å². The molecule has 114 valence electrons. The van der Waals surface area contributed by atoms with E-state index in [1.807, 2.05) is 6.92 Å². The number of guanidine groups is 1. The minimum Gasteiger partial charge on any atom is -0.380 e. The molecule has 0 aliphatic rings. The van der Waals surface area contributed by atoms with Gasteiger partial charge in [-0.2, -0.15) is 0 Å². The molecular formula is C14H31N3O2. The van der Waals surface area contributed by atoms with E-state index in [-0.39, 0.29) is 0 Å². The predicted octanol–water partition coefficient (Wildman–Crippen LogP) is 1.64. The summed E-state index contributed by atoms with van der Waals surface area (Å²) in [4.78, 5) is 4.41. The predicted molar refractivity (Wildman–Crippen MR) is 80.7 cm³/mol. The second-order valence-electron chi connectivity index (χ2n) is 4.68. The number of hydrogen-bond donors (Lipinski definition) is 2. The number of rotatable bonds is 11. The molecule has 0 saturated heterocycles. The number of ether oxygens (including phenoxy) is 2. The molecule has 0 bridgehead atoms. The highest BCUT2D eigenvalue weighted by molar-refractivity contribution is 5.79. The van der Waals surface area contributed by atoms with Crippen molar-refractivity contribution in [3.8, 4) is 0 Å². The van der Waals surface area contributed by atoms with Crippen LogP contribution in [0.5, 0.6) is 0 Å². The van der Waals surface area contributed by atoms with Crippen molar-refractivity contribution in [1.82, 2.24) is 10.6 Å². The van der Waals surface area contributed by atoms with Gasteiger partial charge in [-0.05, 0) is 26.2 Å². The second kappa shape index (κ2) is 13.6. The topological polar surface area (TPSA) is 54.9 Å². The highest BCUT2D eigenvalue weighted by Crippen LogP contribution is 1.98. The standard InChI is InChI=1S/C14H31N3O2/c1-5-15-14(16-8-11-18-6-2)17-9-12-19-10-7-13(3)4/h13H,5-12H2,1-4H3,(H2,15,16,17). The van der Waals surface area contributed by atoms with Crippen LogP contribution in [0.4, 0.5) is 0 Å². The van der Waals surface area contributed by atoms with Gasteiger partial charge in [0.2, 0.25) is 0 Å². The zero-order valence-corrected chi connectivity index (χ0v) is 13.0. The van der Waals surface area contributed by atoms with Gasteiger partial charge in [0.15, 0.2) is 5.96 Å². The monoisotopic (exact) mass is 273 g/mol. The van der Waals surface area contributed by atoms with Crippen molar-refractivity contribution in [2.75, 3.05) is 46.1 Å². The molecule has 0 aromatic rings. The van der Waals surface area contributed by atoms with Gasteiger partial charge in [-0.15, -0.1) is 0 Å². The average Bonchev–Trinajstić information content (AvgIpc) is 2.38. The molecule has 0 amide bonds. The molecule has 0 aromatic carbocycles. The Balaban J connectivity index is 3.63. The minimum atomic E-state index is 0.665. The normalized spacial score (nSPS) is 11.9. The fraction of sp³-hybridized carbons (Fsp3) is 0.929. The molecule has 0 atom stereocenters. The van der Waals surface area contributed by atoms with E-state index in [9.17, 15) is 0 Å². The summed E-state index contributed by atoms with van der Waals surface area (Å²) in [6, 6.07) is 0. The zero-order chi connectivity index (χ0) is 14.3. The molecular weight excluding hydrogens is 242 g/mol. The molecule has 0 unspecified atom stereocenters. The highest BCUT2D eigenvalue weighted by atomic mass is 16.5. The first-order valence-corrected chi connectivity index (χ1v) is 7.38. The van der Waals surface area contributed by atoms with Crippen LogP contribution >= 0.6 is 0 Å². The number of nitrogens with zero attached hydrogens (tertiary/aromatic N) is 1. The van der Waals surface area contributed by atoms with E-state index in [1.165, 1.54) is 0 Å². The second-order valence-corrected chi connectivity index (χ2v) is 4.68. The van der Waals surface area contributed by atoms with Crippen LogP contribution in [0, 0.1) is 5.92 Å². The Morgan fingerprint density at radius 1 is 1.05 bits per heavy atom. The molecule has 0 rings (SSSR count). The summed E-state index contributed by atoms with van der Waals surface area (Å²) < 4.78 is 10.8. The van der Waals surface area contributed by atoms with Crippen molar-refractivity contribution in [3.05, 3.63) is 0 Å². The third-order valence-corrected chi connectivity index (χ3v) is 2.43. The van der Waals surface area contributed by atoms with Crippen LogP contribution in [0.3, 0.4) is 0 Å². The first kappa shape index (κ1) is 18.2. The molecule has 0 aliphatic heterocycles. The fourth-order valence-electron chi connectivity index (χ4n) is 1.37. The molecule has 5 nitrogen and oxygen atoms in total. The molecule has 0 aromatic heterocycles. The van der Waals surface area contributed by atoms with E-state index < -0.39 is 0 Å². The van der Waals surface area contributed by atoms with Gasteiger partial charge >= 0.3 is 0 Å². The lowest BCUT2D eigenvalue weighted by Crippen LogP contribution is -2.39. The summed E-state index contributed by atoms with van der Waals surface area (Å²) in [5.74, 6) is 1.53. The summed E-state index contributed by atoms with van der Waals surface area (Å²) in [5, 5.41) is 6.44. The minimum absolute atomic E-state index is 0.665. The molecule has 0 radical (unpaired) electrons.